The highest BCUT2D eigenvalue weighted by Gasteiger charge is 2.19. The van der Waals surface area contributed by atoms with Crippen LogP contribution in [0.5, 0.6) is 0 Å². The average Bonchev–Trinajstić information content (AvgIpc) is 2.55. The van der Waals surface area contributed by atoms with Gasteiger partial charge >= 0.3 is 0 Å². The third-order valence-corrected chi connectivity index (χ3v) is 4.65. The minimum absolute atomic E-state index is 0.253. The maximum absolute atomic E-state index is 12.5. The predicted molar refractivity (Wildman–Crippen MR) is 98.4 cm³/mol. The Morgan fingerprint density at radius 3 is 2.39 bits per heavy atom. The number of likely N-dealkylation sites (tertiary alicyclic amines) is 1. The van der Waals surface area contributed by atoms with Gasteiger partial charge in [-0.15, -0.1) is 0 Å². The molecule has 1 aliphatic heterocycles. The molecule has 3 heteroatoms. The van der Waals surface area contributed by atoms with Gasteiger partial charge in [0.1, 0.15) is 0 Å². The fraction of sp³-hybridized carbons (Fsp3) is 0.650. The first-order valence-electron chi connectivity index (χ1n) is 9.24. The van der Waals surface area contributed by atoms with Crippen LogP contribution < -0.4 is 4.90 Å². The highest BCUT2D eigenvalue weighted by molar-refractivity contribution is 5.97. The zero-order chi connectivity index (χ0) is 16.7. The van der Waals surface area contributed by atoms with Gasteiger partial charge in [0, 0.05) is 30.9 Å². The Kier molecular flexibility index (Phi) is 7.10. The molecule has 2 rings (SSSR count). The lowest BCUT2D eigenvalue weighted by molar-refractivity contribution is 0.0893. The molecule has 1 aromatic rings. The van der Waals surface area contributed by atoms with Gasteiger partial charge in [-0.3, -0.25) is 9.69 Å². The minimum Gasteiger partial charge on any atom is -0.372 e. The van der Waals surface area contributed by atoms with Crippen LogP contribution in [0.15, 0.2) is 24.3 Å². The molecular weight excluding hydrogens is 284 g/mol. The first-order valence-corrected chi connectivity index (χ1v) is 9.24. The molecule has 0 amide bonds. The maximum atomic E-state index is 12.5. The van der Waals surface area contributed by atoms with Crippen LogP contribution in [0.1, 0.15) is 56.8 Å². The number of nitrogens with zero attached hydrogens (tertiary/aromatic N) is 2. The largest absolute Gasteiger partial charge is 0.372 e. The topological polar surface area (TPSA) is 23.6 Å². The van der Waals surface area contributed by atoms with Crippen molar-refractivity contribution in [3.8, 4) is 0 Å². The molecule has 0 radical (unpaired) electrons. The highest BCUT2D eigenvalue weighted by Crippen LogP contribution is 2.18. The fourth-order valence-electron chi connectivity index (χ4n) is 3.49. The molecule has 0 bridgehead atoms. The van der Waals surface area contributed by atoms with Crippen LogP contribution in [0.25, 0.3) is 0 Å². The van der Waals surface area contributed by atoms with Crippen molar-refractivity contribution < 1.29 is 4.79 Å². The summed E-state index contributed by atoms with van der Waals surface area (Å²) in [5, 5.41) is 0. The molecule has 128 valence electrons. The van der Waals surface area contributed by atoms with Gasteiger partial charge in [0.25, 0.3) is 0 Å². The zero-order valence-electron chi connectivity index (χ0n) is 15.1. The molecule has 1 aromatic carbocycles. The lowest BCUT2D eigenvalue weighted by atomic mass is 9.99. The molecule has 1 fully saturated rings. The van der Waals surface area contributed by atoms with Gasteiger partial charge in [-0.25, -0.2) is 0 Å². The van der Waals surface area contributed by atoms with Gasteiger partial charge in [-0.1, -0.05) is 20.8 Å². The number of carbonyl (C=O) groups excluding carboxylic acids is 1. The van der Waals surface area contributed by atoms with E-state index in [0.717, 1.165) is 50.5 Å². The van der Waals surface area contributed by atoms with Gasteiger partial charge in [0.15, 0.2) is 5.78 Å². The number of rotatable bonds is 8. The number of hydrogen-bond acceptors (Lipinski definition) is 3. The van der Waals surface area contributed by atoms with Crippen molar-refractivity contribution in [2.45, 2.75) is 46.5 Å². The van der Waals surface area contributed by atoms with E-state index in [1.54, 1.807) is 0 Å². The van der Waals surface area contributed by atoms with E-state index >= 15 is 0 Å². The third kappa shape index (κ3) is 5.35. The van der Waals surface area contributed by atoms with Gasteiger partial charge in [-0.05, 0) is 62.4 Å². The molecule has 0 aliphatic carbocycles. The van der Waals surface area contributed by atoms with Crippen molar-refractivity contribution in [2.75, 3.05) is 37.6 Å². The molecule has 3 nitrogen and oxygen atoms in total. The Morgan fingerprint density at radius 2 is 1.83 bits per heavy atom. The summed E-state index contributed by atoms with van der Waals surface area (Å²) in [6.07, 6.45) is 4.81. The molecule has 1 heterocycles. The van der Waals surface area contributed by atoms with Gasteiger partial charge in [0.05, 0.1) is 6.54 Å². The number of anilines is 1. The van der Waals surface area contributed by atoms with Crippen molar-refractivity contribution in [3.63, 3.8) is 0 Å². The summed E-state index contributed by atoms with van der Waals surface area (Å²) in [5.74, 6) is 0.971. The first kappa shape index (κ1) is 18.0. The predicted octanol–water partition coefficient (Wildman–Crippen LogP) is 4.23. The minimum atomic E-state index is 0.253. The van der Waals surface area contributed by atoms with E-state index in [4.69, 9.17) is 0 Å². The van der Waals surface area contributed by atoms with E-state index in [-0.39, 0.29) is 5.78 Å². The summed E-state index contributed by atoms with van der Waals surface area (Å²) in [4.78, 5) is 17.2. The van der Waals surface area contributed by atoms with E-state index in [2.05, 4.69) is 42.7 Å². The van der Waals surface area contributed by atoms with Gasteiger partial charge in [-0.2, -0.15) is 0 Å². The van der Waals surface area contributed by atoms with Crippen LogP contribution in [0.2, 0.25) is 0 Å². The number of Topliss-reactive ketones (excluding diaryl/α,β-unsaturated/α-hetero) is 1. The lowest BCUT2D eigenvalue weighted by Crippen LogP contribution is -2.38. The first-order chi connectivity index (χ1) is 11.1. The van der Waals surface area contributed by atoms with E-state index in [1.807, 2.05) is 12.1 Å². The molecule has 0 aromatic heterocycles. The van der Waals surface area contributed by atoms with E-state index in [0.29, 0.717) is 6.54 Å². The normalized spacial score (nSPS) is 18.8. The second kappa shape index (κ2) is 9.07. The Morgan fingerprint density at radius 1 is 1.17 bits per heavy atom. The second-order valence-electron chi connectivity index (χ2n) is 6.94. The monoisotopic (exact) mass is 316 g/mol. The number of ketones is 1. The van der Waals surface area contributed by atoms with Crippen molar-refractivity contribution in [2.24, 2.45) is 5.92 Å². The standard InChI is InChI=1S/C20H32N2O/c1-4-12-22(13-5-2)19-10-8-18(9-11-19)20(23)16-21-14-6-7-17(3)15-21/h8-11,17H,4-7,12-16H2,1-3H3. The Bertz CT molecular complexity index is 477. The summed E-state index contributed by atoms with van der Waals surface area (Å²) >= 11 is 0. The summed E-state index contributed by atoms with van der Waals surface area (Å²) in [6, 6.07) is 8.22. The summed E-state index contributed by atoms with van der Waals surface area (Å²) < 4.78 is 0. The van der Waals surface area contributed by atoms with Gasteiger partial charge < -0.3 is 4.90 Å². The van der Waals surface area contributed by atoms with Crippen LogP contribution in [0, 0.1) is 5.92 Å². The molecule has 1 aliphatic rings. The second-order valence-corrected chi connectivity index (χ2v) is 6.94. The molecule has 1 atom stereocenters. The van der Waals surface area contributed by atoms with Crippen molar-refractivity contribution in [1.29, 1.82) is 0 Å². The van der Waals surface area contributed by atoms with E-state index in [1.165, 1.54) is 18.5 Å². The van der Waals surface area contributed by atoms with Crippen molar-refractivity contribution >= 4 is 11.5 Å². The van der Waals surface area contributed by atoms with E-state index < -0.39 is 0 Å². The summed E-state index contributed by atoms with van der Waals surface area (Å²) in [5.41, 5.74) is 2.08. The summed E-state index contributed by atoms with van der Waals surface area (Å²) in [6.45, 7) is 11.5. The Labute approximate surface area is 141 Å². The Hall–Kier alpha value is -1.35. The molecule has 0 saturated carbocycles. The molecule has 23 heavy (non-hydrogen) atoms. The molecule has 0 N–H and O–H groups in total. The van der Waals surface area contributed by atoms with Crippen molar-refractivity contribution in [1.82, 2.24) is 4.90 Å². The summed E-state index contributed by atoms with van der Waals surface area (Å²) in [7, 11) is 0. The highest BCUT2D eigenvalue weighted by atomic mass is 16.1. The fourth-order valence-corrected chi connectivity index (χ4v) is 3.49. The Balaban J connectivity index is 1.96. The van der Waals surface area contributed by atoms with Crippen LogP contribution in [0.3, 0.4) is 0 Å². The molecule has 1 unspecified atom stereocenters. The van der Waals surface area contributed by atoms with Crippen LogP contribution >= 0.6 is 0 Å². The van der Waals surface area contributed by atoms with Crippen molar-refractivity contribution in [3.05, 3.63) is 29.8 Å². The zero-order valence-corrected chi connectivity index (χ0v) is 15.1. The molecular formula is C20H32N2O. The maximum Gasteiger partial charge on any atom is 0.176 e. The smallest absolute Gasteiger partial charge is 0.176 e. The van der Waals surface area contributed by atoms with E-state index in [9.17, 15) is 4.79 Å². The average molecular weight is 316 g/mol. The van der Waals surface area contributed by atoms with Gasteiger partial charge in [0.2, 0.25) is 0 Å². The number of benzene rings is 1. The number of hydrogen-bond donors (Lipinski definition) is 0. The SMILES string of the molecule is CCCN(CCC)c1ccc(C(=O)CN2CCCC(C)C2)cc1. The number of carbonyl (C=O) groups is 1. The lowest BCUT2D eigenvalue weighted by Gasteiger charge is -2.30. The van der Waals surface area contributed by atoms with Crippen LogP contribution in [-0.4, -0.2) is 43.4 Å². The quantitative estimate of drug-likeness (QED) is 0.671. The molecule has 0 spiro atoms. The third-order valence-electron chi connectivity index (χ3n) is 4.65. The van der Waals surface area contributed by atoms with Crippen LogP contribution in [0.4, 0.5) is 5.69 Å². The molecule has 1 saturated heterocycles. The number of piperidine rings is 1. The van der Waals surface area contributed by atoms with Crippen LogP contribution in [-0.2, 0) is 0 Å².